The molecule has 8 rings (SSSR count). The van der Waals surface area contributed by atoms with Crippen LogP contribution in [0.1, 0.15) is 17.7 Å². The normalized spacial score (nSPS) is 12.2. The van der Waals surface area contributed by atoms with E-state index in [1.807, 2.05) is 66.7 Å². The zero-order chi connectivity index (χ0) is 28.6. The van der Waals surface area contributed by atoms with Gasteiger partial charge in [0.15, 0.2) is 17.5 Å². The van der Waals surface area contributed by atoms with Crippen LogP contribution in [0.4, 0.5) is 0 Å². The van der Waals surface area contributed by atoms with Gasteiger partial charge in [0.25, 0.3) is 0 Å². The molecule has 0 fully saturated rings. The van der Waals surface area contributed by atoms with Gasteiger partial charge >= 0.3 is 0 Å². The van der Waals surface area contributed by atoms with E-state index in [-0.39, 0.29) is 0 Å². The molecular weight excluding hydrogens is 524 g/mol. The molecule has 0 aliphatic heterocycles. The number of rotatable bonds is 5. The second-order valence-corrected chi connectivity index (χ2v) is 10.6. The lowest BCUT2D eigenvalue weighted by Crippen LogP contribution is -2.04. The van der Waals surface area contributed by atoms with Gasteiger partial charge in [-0.2, -0.15) is 0 Å². The predicted molar refractivity (Wildman–Crippen MR) is 173 cm³/mol. The summed E-state index contributed by atoms with van der Waals surface area (Å²) in [5, 5.41) is 1.28. The van der Waals surface area contributed by atoms with Crippen molar-refractivity contribution in [3.05, 3.63) is 151 Å². The fourth-order valence-electron chi connectivity index (χ4n) is 5.94. The van der Waals surface area contributed by atoms with Crippen molar-refractivity contribution in [2.75, 3.05) is 0 Å². The number of allylic oxidation sites excluding steroid dienone is 1. The molecule has 0 N–H and O–H groups in total. The van der Waals surface area contributed by atoms with Gasteiger partial charge < -0.3 is 4.57 Å². The molecule has 1 aliphatic carbocycles. The summed E-state index contributed by atoms with van der Waals surface area (Å²) in [7, 11) is 0. The lowest BCUT2D eigenvalue weighted by atomic mass is 10.0. The molecule has 2 heterocycles. The number of hydrogen-bond acceptors (Lipinski definition) is 3. The van der Waals surface area contributed by atoms with Crippen molar-refractivity contribution >= 4 is 17.0 Å². The summed E-state index contributed by atoms with van der Waals surface area (Å²) >= 11 is 0. The summed E-state index contributed by atoms with van der Waals surface area (Å²) in [6.07, 6.45) is 6.61. The van der Waals surface area contributed by atoms with Gasteiger partial charge in [0.2, 0.25) is 0 Å². The zero-order valence-corrected chi connectivity index (χ0v) is 23.4. The highest BCUT2D eigenvalue weighted by atomic mass is 15.0. The first-order chi connectivity index (χ1) is 21.3. The molecule has 0 saturated heterocycles. The molecule has 0 radical (unpaired) electrons. The first-order valence-electron chi connectivity index (χ1n) is 14.5. The van der Waals surface area contributed by atoms with Gasteiger partial charge in [-0.25, -0.2) is 15.0 Å². The molecule has 2 aromatic heterocycles. The van der Waals surface area contributed by atoms with Crippen LogP contribution in [0.3, 0.4) is 0 Å². The molecule has 0 unspecified atom stereocenters. The largest absolute Gasteiger partial charge is 0.312 e. The maximum atomic E-state index is 4.86. The van der Waals surface area contributed by atoms with Crippen LogP contribution in [0.25, 0.3) is 68.0 Å². The maximum Gasteiger partial charge on any atom is 0.172 e. The fraction of sp³-hybridized carbons (Fsp3) is 0.0513. The minimum atomic E-state index is 0.570. The highest BCUT2D eigenvalue weighted by molar-refractivity contribution is 5.94. The van der Waals surface area contributed by atoms with E-state index in [9.17, 15) is 0 Å². The zero-order valence-electron chi connectivity index (χ0n) is 23.4. The molecular formula is C39H26N4. The third-order valence-electron chi connectivity index (χ3n) is 7.97. The Bertz CT molecular complexity index is 2050. The van der Waals surface area contributed by atoms with Crippen LogP contribution < -0.4 is 0 Å². The van der Waals surface area contributed by atoms with Crippen molar-refractivity contribution in [1.82, 2.24) is 19.5 Å². The van der Waals surface area contributed by atoms with E-state index in [0.29, 0.717) is 17.5 Å². The summed E-state index contributed by atoms with van der Waals surface area (Å²) < 4.78 is 2.43. The highest BCUT2D eigenvalue weighted by Gasteiger charge is 2.20. The third kappa shape index (κ3) is 4.48. The Kier molecular flexibility index (Phi) is 6.13. The van der Waals surface area contributed by atoms with Crippen molar-refractivity contribution < 1.29 is 0 Å². The highest BCUT2D eigenvalue weighted by Crippen LogP contribution is 2.37. The molecule has 4 nitrogen and oxygen atoms in total. The summed E-state index contributed by atoms with van der Waals surface area (Å²) in [4.78, 5) is 14.5. The van der Waals surface area contributed by atoms with Gasteiger partial charge in [-0.05, 0) is 37.1 Å². The van der Waals surface area contributed by atoms with Crippen molar-refractivity contribution in [2.24, 2.45) is 0 Å². The van der Waals surface area contributed by atoms with E-state index in [0.717, 1.165) is 46.3 Å². The van der Waals surface area contributed by atoms with E-state index in [1.165, 1.54) is 22.2 Å². The molecule has 43 heavy (non-hydrogen) atoms. The Hall–Kier alpha value is -5.79. The number of para-hydroxylation sites is 2. The fourth-order valence-corrected chi connectivity index (χ4v) is 5.94. The number of aromatic nitrogens is 4. The standard InChI is InChI=1S/C39H26N4/c1-3-13-28(14-4-1)37-40-38(29-15-5-2-6-16-29)42-39(41-37)30-25-23-27(24-26-30)31-17-7-10-20-34(31)43-35-21-11-8-18-32(35)33-19-9-12-22-36(33)43/h1-11,13-21,23,25H,12,22H2. The van der Waals surface area contributed by atoms with Gasteiger partial charge in [-0.15, -0.1) is 0 Å². The van der Waals surface area contributed by atoms with E-state index in [2.05, 4.69) is 83.4 Å². The van der Waals surface area contributed by atoms with Gasteiger partial charge in [-0.3, -0.25) is 0 Å². The first-order valence-corrected chi connectivity index (χ1v) is 14.5. The second kappa shape index (κ2) is 10.6. The number of fused-ring (bicyclic) bond motifs is 3. The number of benzene rings is 4. The average molecular weight is 551 g/mol. The van der Waals surface area contributed by atoms with E-state index in [1.54, 1.807) is 0 Å². The SMILES string of the molecule is c1c(-c2nc(-c3ccccc3)nc(-c3ccccc3)n2)ccc(-c2ccccc2-n2c3c(c4ccccc42)C=CCC3)c#1. The molecule has 1 aliphatic rings. The molecule has 202 valence electrons. The molecule has 0 spiro atoms. The quantitative estimate of drug-likeness (QED) is 0.215. The van der Waals surface area contributed by atoms with Crippen LogP contribution in [0, 0.1) is 12.1 Å². The second-order valence-electron chi connectivity index (χ2n) is 10.6. The Morgan fingerprint density at radius 2 is 1.16 bits per heavy atom. The average Bonchev–Trinajstić information content (AvgIpc) is 3.43. The van der Waals surface area contributed by atoms with Crippen LogP contribution >= 0.6 is 0 Å². The number of hydrogen-bond donors (Lipinski definition) is 0. The van der Waals surface area contributed by atoms with E-state index >= 15 is 0 Å². The molecule has 0 saturated carbocycles. The van der Waals surface area contributed by atoms with Gasteiger partial charge in [0.1, 0.15) is 0 Å². The van der Waals surface area contributed by atoms with Crippen LogP contribution in [0.2, 0.25) is 0 Å². The monoisotopic (exact) mass is 550 g/mol. The summed E-state index contributed by atoms with van der Waals surface area (Å²) in [5.41, 5.74) is 9.76. The van der Waals surface area contributed by atoms with E-state index < -0.39 is 0 Å². The maximum absolute atomic E-state index is 4.86. The summed E-state index contributed by atoms with van der Waals surface area (Å²) in [6, 6.07) is 48.2. The molecule has 4 heteroatoms. The first kappa shape index (κ1) is 25.0. The Balaban J connectivity index is 1.23. The van der Waals surface area contributed by atoms with Crippen LogP contribution in [-0.4, -0.2) is 19.5 Å². The van der Waals surface area contributed by atoms with Crippen LogP contribution in [-0.2, 0) is 6.42 Å². The molecule has 7 aromatic rings. The third-order valence-corrected chi connectivity index (χ3v) is 7.97. The Labute approximate surface area is 250 Å². The van der Waals surface area contributed by atoms with Gasteiger partial charge in [0.05, 0.1) is 16.8 Å². The van der Waals surface area contributed by atoms with Crippen LogP contribution in [0.5, 0.6) is 0 Å². The molecule has 5 aromatic carbocycles. The Morgan fingerprint density at radius 1 is 0.558 bits per heavy atom. The van der Waals surface area contributed by atoms with Gasteiger partial charge in [-0.1, -0.05) is 121 Å². The predicted octanol–water partition coefficient (Wildman–Crippen LogP) is 9.04. The van der Waals surface area contributed by atoms with Crippen molar-refractivity contribution in [3.8, 4) is 51.0 Å². The summed E-state index contributed by atoms with van der Waals surface area (Å²) in [5.74, 6) is 1.83. The Morgan fingerprint density at radius 3 is 1.88 bits per heavy atom. The molecule has 0 atom stereocenters. The lowest BCUT2D eigenvalue weighted by molar-refractivity contribution is 0.889. The summed E-state index contributed by atoms with van der Waals surface area (Å²) in [6.45, 7) is 0. The lowest BCUT2D eigenvalue weighted by Gasteiger charge is -2.16. The minimum absolute atomic E-state index is 0.570. The van der Waals surface area contributed by atoms with Crippen molar-refractivity contribution in [3.63, 3.8) is 0 Å². The topological polar surface area (TPSA) is 43.6 Å². The number of nitrogens with zero attached hydrogens (tertiary/aromatic N) is 4. The van der Waals surface area contributed by atoms with Crippen molar-refractivity contribution in [1.29, 1.82) is 0 Å². The van der Waals surface area contributed by atoms with Crippen molar-refractivity contribution in [2.45, 2.75) is 12.8 Å². The van der Waals surface area contributed by atoms with E-state index in [4.69, 9.17) is 15.0 Å². The van der Waals surface area contributed by atoms with Gasteiger partial charge in [0, 0.05) is 38.9 Å². The molecule has 0 bridgehead atoms. The molecule has 0 amide bonds. The minimum Gasteiger partial charge on any atom is -0.312 e. The smallest absolute Gasteiger partial charge is 0.172 e. The van der Waals surface area contributed by atoms with Crippen LogP contribution in [0.15, 0.2) is 127 Å².